The van der Waals surface area contributed by atoms with Gasteiger partial charge in [-0.05, 0) is 0 Å². The minimum atomic E-state index is -5.02. The number of nitrogens with one attached hydrogen (secondary N) is 1. The van der Waals surface area contributed by atoms with Gasteiger partial charge in [-0.25, -0.2) is 8.42 Å². The maximum atomic E-state index is 12.3. The van der Waals surface area contributed by atoms with Crippen molar-refractivity contribution in [2.45, 2.75) is 24.5 Å². The third-order valence-corrected chi connectivity index (χ3v) is 6.55. The van der Waals surface area contributed by atoms with Crippen LogP contribution in [0.5, 0.6) is 0 Å². The van der Waals surface area contributed by atoms with Crippen molar-refractivity contribution < 1.29 is 80.2 Å². The summed E-state index contributed by atoms with van der Waals surface area (Å²) >= 11 is 0.996. The number of rotatable bonds is 7. The molecule has 0 aliphatic carbocycles. The molecule has 2 rings (SSSR count). The molecule has 0 aromatic carbocycles. The average Bonchev–Trinajstić information content (AvgIpc) is 2.53. The van der Waals surface area contributed by atoms with Gasteiger partial charge in [0.1, 0.15) is 29.5 Å². The van der Waals surface area contributed by atoms with Crippen LogP contribution in [-0.4, -0.2) is 78.5 Å². The van der Waals surface area contributed by atoms with Gasteiger partial charge < -0.3 is 20.0 Å². The summed E-state index contributed by atoms with van der Waals surface area (Å²) in [7, 11) is -4.79. The third-order valence-electron chi connectivity index (χ3n) is 3.74. The van der Waals surface area contributed by atoms with Gasteiger partial charge in [-0.3, -0.25) is 19.3 Å². The van der Waals surface area contributed by atoms with Crippen LogP contribution in [0.2, 0.25) is 0 Å². The molecule has 2 heterocycles. The zero-order valence-electron chi connectivity index (χ0n) is 15.6. The van der Waals surface area contributed by atoms with E-state index in [0.29, 0.717) is 0 Å². The van der Waals surface area contributed by atoms with Crippen molar-refractivity contribution in [3.8, 4) is 0 Å². The molecule has 0 spiro atoms. The van der Waals surface area contributed by atoms with E-state index >= 15 is 0 Å². The number of thioether (sulfide) groups is 1. The van der Waals surface area contributed by atoms with Crippen LogP contribution in [-0.2, 0) is 33.8 Å². The van der Waals surface area contributed by atoms with Crippen LogP contribution in [0.4, 0.5) is 13.2 Å². The van der Waals surface area contributed by atoms with Gasteiger partial charge in [0, 0.05) is 18.2 Å². The molecular weight excluding hydrogens is 468 g/mol. The third kappa shape index (κ3) is 6.60. The summed E-state index contributed by atoms with van der Waals surface area (Å²) in [6.07, 6.45) is -5.02. The number of carbonyl (C=O) groups is 4. The van der Waals surface area contributed by atoms with E-state index in [2.05, 4.69) is 0 Å². The number of halogens is 3. The Morgan fingerprint density at radius 2 is 1.93 bits per heavy atom. The Labute approximate surface area is 194 Å². The quantitative estimate of drug-likeness (QED) is 0.214. The van der Waals surface area contributed by atoms with Crippen molar-refractivity contribution in [3.63, 3.8) is 0 Å². The zero-order valence-corrected chi connectivity index (χ0v) is 19.3. The maximum Gasteiger partial charge on any atom is 1.00 e. The number of carbonyl (C=O) groups excluding carboxylic acids is 4. The summed E-state index contributed by atoms with van der Waals surface area (Å²) in [4.78, 5) is 47.1. The molecule has 10 nitrogen and oxygen atoms in total. The number of carboxylic acids is 1. The number of amides is 2. The van der Waals surface area contributed by atoms with Crippen LogP contribution in [0.25, 0.3) is 0 Å². The van der Waals surface area contributed by atoms with E-state index in [1.165, 1.54) is 0 Å². The second-order valence-corrected chi connectivity index (χ2v) is 9.29. The Hall–Kier alpha value is -1.29. The molecule has 1 saturated heterocycles. The summed E-state index contributed by atoms with van der Waals surface area (Å²) in [5, 5.41) is 12.5. The second-order valence-electron chi connectivity index (χ2n) is 6.12. The molecule has 162 valence electrons. The van der Waals surface area contributed by atoms with Crippen LogP contribution < -0.4 is 40.0 Å². The van der Waals surface area contributed by atoms with Gasteiger partial charge in [-0.1, -0.05) is 0 Å². The molecule has 1 fully saturated rings. The number of alkyl halides is 3. The first kappa shape index (κ1) is 26.7. The monoisotopic (exact) mass is 482 g/mol. The smallest absolute Gasteiger partial charge is 0.543 e. The summed E-state index contributed by atoms with van der Waals surface area (Å²) in [5.74, 6) is -8.29. The van der Waals surface area contributed by atoms with Crippen molar-refractivity contribution >= 4 is 45.4 Å². The normalized spacial score (nSPS) is 21.2. The summed E-state index contributed by atoms with van der Waals surface area (Å²) in [6, 6.07) is -1.32. The van der Waals surface area contributed by atoms with E-state index in [9.17, 15) is 45.9 Å². The van der Waals surface area contributed by atoms with Crippen molar-refractivity contribution in [1.82, 2.24) is 10.2 Å². The van der Waals surface area contributed by atoms with E-state index in [1.54, 1.807) is 0 Å². The van der Waals surface area contributed by atoms with Crippen LogP contribution >= 0.6 is 11.8 Å². The average molecular weight is 482 g/mol. The molecule has 0 aromatic rings. The Morgan fingerprint density at radius 1 is 1.33 bits per heavy atom. The van der Waals surface area contributed by atoms with Crippen LogP contribution in [0.15, 0.2) is 11.3 Å². The zero-order chi connectivity index (χ0) is 22.1. The Bertz CT molecular complexity index is 890. The van der Waals surface area contributed by atoms with E-state index in [-0.39, 0.29) is 40.9 Å². The number of carboxylic acid groups (broad SMARTS) is 1. The number of nitrogens with zero attached hydrogens (tertiary/aromatic N) is 1. The van der Waals surface area contributed by atoms with Crippen molar-refractivity contribution in [2.75, 3.05) is 23.9 Å². The first-order chi connectivity index (χ1) is 13.2. The standard InChI is InChI=1S/C14H15F3N2O8S2.Na/c1-6(20)27-2-7-3-28-12-9(11(22)19(12)10(7)13(23)24)18-8(21)4-29(25,26)5-14(15,16)17;/h9,12H,2-5H2,1H3,(H,18,21)(H,23,24);/q;+1/p-1/t9-,12-;/m1./s1. The predicted molar refractivity (Wildman–Crippen MR) is 88.4 cm³/mol. The van der Waals surface area contributed by atoms with Crippen LogP contribution in [0.1, 0.15) is 6.92 Å². The molecule has 30 heavy (non-hydrogen) atoms. The summed E-state index contributed by atoms with van der Waals surface area (Å²) in [5.41, 5.74) is -0.442. The molecule has 0 aromatic heterocycles. The number of aliphatic carboxylic acids is 1. The fraction of sp³-hybridized carbons (Fsp3) is 0.571. The van der Waals surface area contributed by atoms with Gasteiger partial charge >= 0.3 is 41.7 Å². The van der Waals surface area contributed by atoms with Crippen LogP contribution in [0, 0.1) is 0 Å². The van der Waals surface area contributed by atoms with Gasteiger partial charge in [-0.2, -0.15) is 13.2 Å². The molecule has 2 atom stereocenters. The topological polar surface area (TPSA) is 150 Å². The minimum Gasteiger partial charge on any atom is -0.543 e. The number of fused-ring (bicyclic) bond motifs is 1. The molecule has 0 saturated carbocycles. The molecule has 2 amide bonds. The molecular formula is C14H14F3N2NaO8S2. The molecule has 2 aliphatic heterocycles. The van der Waals surface area contributed by atoms with Crippen molar-refractivity contribution in [1.29, 1.82) is 0 Å². The van der Waals surface area contributed by atoms with Gasteiger partial charge in [0.2, 0.25) is 5.91 Å². The molecule has 16 heteroatoms. The summed E-state index contributed by atoms with van der Waals surface area (Å²) in [6.45, 7) is 0.708. The Balaban J connectivity index is 0.00000450. The number of hydrogen-bond acceptors (Lipinski definition) is 9. The Morgan fingerprint density at radius 3 is 2.43 bits per heavy atom. The maximum absolute atomic E-state index is 12.3. The van der Waals surface area contributed by atoms with E-state index in [1.807, 2.05) is 5.32 Å². The van der Waals surface area contributed by atoms with Crippen molar-refractivity contribution in [3.05, 3.63) is 11.3 Å². The predicted octanol–water partition coefficient (Wildman–Crippen LogP) is -5.07. The molecule has 0 unspecified atom stereocenters. The molecule has 2 aliphatic rings. The van der Waals surface area contributed by atoms with E-state index < -0.39 is 75.0 Å². The van der Waals surface area contributed by atoms with Crippen molar-refractivity contribution in [2.24, 2.45) is 0 Å². The van der Waals surface area contributed by atoms with Crippen LogP contribution in [0.3, 0.4) is 0 Å². The van der Waals surface area contributed by atoms with Gasteiger partial charge in [0.15, 0.2) is 9.84 Å². The number of ether oxygens (including phenoxy) is 1. The number of hydrogen-bond donors (Lipinski definition) is 1. The largest absolute Gasteiger partial charge is 1.00 e. The van der Waals surface area contributed by atoms with E-state index in [0.717, 1.165) is 23.6 Å². The first-order valence-electron chi connectivity index (χ1n) is 7.80. The molecule has 1 N–H and O–H groups in total. The number of esters is 1. The summed E-state index contributed by atoms with van der Waals surface area (Å²) < 4.78 is 64.2. The number of sulfone groups is 1. The van der Waals surface area contributed by atoms with E-state index in [4.69, 9.17) is 4.74 Å². The SMILES string of the molecule is CC(=O)OCC1=C(C(=O)[O-])N2C(=O)[C@@H](NC(=O)CS(=O)(=O)CC(F)(F)F)[C@H]2SC1.[Na+]. The van der Waals surface area contributed by atoms with Gasteiger partial charge in [-0.15, -0.1) is 11.8 Å². The fourth-order valence-corrected chi connectivity index (χ4v) is 5.10. The fourth-order valence-electron chi connectivity index (χ4n) is 2.69. The second kappa shape index (κ2) is 9.89. The minimum absolute atomic E-state index is 0. The molecule has 0 bridgehead atoms. The van der Waals surface area contributed by atoms with Gasteiger partial charge in [0.05, 0.1) is 11.7 Å². The number of β-lactam (4-membered cyclic amide) rings is 1. The Kier molecular flexibility index (Phi) is 8.82. The molecule has 0 radical (unpaired) electrons. The first-order valence-corrected chi connectivity index (χ1v) is 10.7. The van der Waals surface area contributed by atoms with Gasteiger partial charge in [0.25, 0.3) is 5.91 Å².